The van der Waals surface area contributed by atoms with Crippen LogP contribution in [0.4, 0.5) is 0 Å². The first-order valence-electron chi connectivity index (χ1n) is 5.46. The van der Waals surface area contributed by atoms with E-state index in [0.717, 1.165) is 19.3 Å². The molecule has 0 aromatic carbocycles. The van der Waals surface area contributed by atoms with Gasteiger partial charge in [-0.2, -0.15) is 0 Å². The molecule has 0 bridgehead atoms. The predicted octanol–water partition coefficient (Wildman–Crippen LogP) is 1.97. The standard InChI is InChI=1S/C12H18O3/c1-2-3-5-10(13)8-9-11-6-4-7-12(14)15-11/h4,7-11,13H,2-3,5-6H2,1H3. The zero-order chi connectivity index (χ0) is 11.1. The zero-order valence-electron chi connectivity index (χ0n) is 9.06. The molecule has 0 spiro atoms. The van der Waals surface area contributed by atoms with E-state index >= 15 is 0 Å². The molecule has 15 heavy (non-hydrogen) atoms. The van der Waals surface area contributed by atoms with Crippen LogP contribution in [0.3, 0.4) is 0 Å². The van der Waals surface area contributed by atoms with Crippen molar-refractivity contribution in [3.8, 4) is 0 Å². The van der Waals surface area contributed by atoms with Gasteiger partial charge in [-0.25, -0.2) is 4.79 Å². The number of hydrogen-bond donors (Lipinski definition) is 1. The van der Waals surface area contributed by atoms with E-state index in [4.69, 9.17) is 4.74 Å². The SMILES string of the molecule is CCCCC(O)C=CC1CC=CC(=O)O1. The molecule has 0 aromatic rings. The van der Waals surface area contributed by atoms with E-state index in [1.165, 1.54) is 6.08 Å². The van der Waals surface area contributed by atoms with Crippen LogP contribution >= 0.6 is 0 Å². The summed E-state index contributed by atoms with van der Waals surface area (Å²) in [7, 11) is 0. The van der Waals surface area contributed by atoms with Crippen molar-refractivity contribution in [1.29, 1.82) is 0 Å². The highest BCUT2D eigenvalue weighted by atomic mass is 16.5. The summed E-state index contributed by atoms with van der Waals surface area (Å²) in [6, 6.07) is 0. The number of aliphatic hydroxyl groups excluding tert-OH is 1. The van der Waals surface area contributed by atoms with Gasteiger partial charge in [-0.05, 0) is 12.5 Å². The smallest absolute Gasteiger partial charge is 0.331 e. The van der Waals surface area contributed by atoms with Gasteiger partial charge in [-0.3, -0.25) is 0 Å². The van der Waals surface area contributed by atoms with Crippen LogP contribution in [0.1, 0.15) is 32.6 Å². The Bertz CT molecular complexity index is 256. The van der Waals surface area contributed by atoms with Crippen LogP contribution in [0.2, 0.25) is 0 Å². The van der Waals surface area contributed by atoms with Crippen LogP contribution in [0, 0.1) is 0 Å². The summed E-state index contributed by atoms with van der Waals surface area (Å²) in [6.45, 7) is 2.09. The molecule has 1 heterocycles. The Morgan fingerprint density at radius 2 is 2.53 bits per heavy atom. The molecule has 0 saturated carbocycles. The van der Waals surface area contributed by atoms with Crippen LogP contribution in [0.5, 0.6) is 0 Å². The van der Waals surface area contributed by atoms with Crippen molar-refractivity contribution in [3.05, 3.63) is 24.3 Å². The fourth-order valence-corrected chi connectivity index (χ4v) is 1.41. The van der Waals surface area contributed by atoms with Gasteiger partial charge in [-0.15, -0.1) is 0 Å². The van der Waals surface area contributed by atoms with Crippen molar-refractivity contribution in [2.45, 2.75) is 44.8 Å². The second-order valence-electron chi connectivity index (χ2n) is 3.71. The number of aliphatic hydroxyl groups is 1. The summed E-state index contributed by atoms with van der Waals surface area (Å²) in [5.41, 5.74) is 0. The molecule has 0 aliphatic carbocycles. The van der Waals surface area contributed by atoms with Crippen molar-refractivity contribution < 1.29 is 14.6 Å². The third kappa shape index (κ3) is 4.79. The number of rotatable bonds is 5. The summed E-state index contributed by atoms with van der Waals surface area (Å²) >= 11 is 0. The first-order chi connectivity index (χ1) is 7.22. The van der Waals surface area contributed by atoms with Gasteiger partial charge in [-0.1, -0.05) is 31.9 Å². The van der Waals surface area contributed by atoms with Crippen LogP contribution in [0.15, 0.2) is 24.3 Å². The van der Waals surface area contributed by atoms with Crippen molar-refractivity contribution in [2.24, 2.45) is 0 Å². The molecule has 0 radical (unpaired) electrons. The van der Waals surface area contributed by atoms with E-state index in [2.05, 4.69) is 6.92 Å². The van der Waals surface area contributed by atoms with Crippen LogP contribution in [-0.4, -0.2) is 23.3 Å². The second-order valence-corrected chi connectivity index (χ2v) is 3.71. The number of esters is 1. The van der Waals surface area contributed by atoms with Gasteiger partial charge < -0.3 is 9.84 Å². The minimum absolute atomic E-state index is 0.209. The summed E-state index contributed by atoms with van der Waals surface area (Å²) in [5.74, 6) is -0.307. The lowest BCUT2D eigenvalue weighted by molar-refractivity contribution is -0.141. The molecule has 1 N–H and O–H groups in total. The quantitative estimate of drug-likeness (QED) is 0.557. The average Bonchev–Trinajstić information content (AvgIpc) is 2.23. The average molecular weight is 210 g/mol. The highest BCUT2D eigenvalue weighted by Crippen LogP contribution is 2.10. The first-order valence-corrected chi connectivity index (χ1v) is 5.46. The van der Waals surface area contributed by atoms with E-state index in [1.54, 1.807) is 18.2 Å². The number of carbonyl (C=O) groups is 1. The molecule has 0 aromatic heterocycles. The van der Waals surface area contributed by atoms with Gasteiger partial charge >= 0.3 is 5.97 Å². The highest BCUT2D eigenvalue weighted by Gasteiger charge is 2.12. The Morgan fingerprint density at radius 1 is 1.73 bits per heavy atom. The maximum Gasteiger partial charge on any atom is 0.331 e. The van der Waals surface area contributed by atoms with E-state index in [-0.39, 0.29) is 12.1 Å². The Labute approximate surface area is 90.4 Å². The lowest BCUT2D eigenvalue weighted by atomic mass is 10.1. The van der Waals surface area contributed by atoms with Crippen LogP contribution in [0.25, 0.3) is 0 Å². The molecule has 0 fully saturated rings. The lowest BCUT2D eigenvalue weighted by Gasteiger charge is -2.15. The minimum atomic E-state index is -0.422. The number of carbonyl (C=O) groups excluding carboxylic acids is 1. The summed E-state index contributed by atoms with van der Waals surface area (Å²) in [4.78, 5) is 10.9. The Kier molecular flexibility index (Phi) is 5.12. The molecule has 0 amide bonds. The van der Waals surface area contributed by atoms with Gasteiger partial charge in [0.2, 0.25) is 0 Å². The Balaban J connectivity index is 2.30. The monoisotopic (exact) mass is 210 g/mol. The molecule has 84 valence electrons. The Hall–Kier alpha value is -1.09. The van der Waals surface area contributed by atoms with Crippen molar-refractivity contribution in [1.82, 2.24) is 0 Å². The summed E-state index contributed by atoms with van der Waals surface area (Å²) < 4.78 is 5.02. The maximum atomic E-state index is 10.9. The largest absolute Gasteiger partial charge is 0.455 e. The van der Waals surface area contributed by atoms with Gasteiger partial charge in [0.1, 0.15) is 6.10 Å². The first kappa shape index (κ1) is 12.0. The lowest BCUT2D eigenvalue weighted by Crippen LogP contribution is -2.18. The van der Waals surface area contributed by atoms with Crippen molar-refractivity contribution in [3.63, 3.8) is 0 Å². The fraction of sp³-hybridized carbons (Fsp3) is 0.583. The van der Waals surface area contributed by atoms with E-state index < -0.39 is 6.10 Å². The van der Waals surface area contributed by atoms with Crippen LogP contribution < -0.4 is 0 Å². The highest BCUT2D eigenvalue weighted by molar-refractivity contribution is 5.82. The number of ether oxygens (including phenoxy) is 1. The molecular weight excluding hydrogens is 192 g/mol. The molecule has 3 heteroatoms. The fourth-order valence-electron chi connectivity index (χ4n) is 1.41. The number of cyclic esters (lactones) is 1. The minimum Gasteiger partial charge on any atom is -0.455 e. The van der Waals surface area contributed by atoms with Crippen molar-refractivity contribution in [2.75, 3.05) is 0 Å². The normalized spacial score (nSPS) is 23.1. The predicted molar refractivity (Wildman–Crippen MR) is 58.3 cm³/mol. The van der Waals surface area contributed by atoms with Gasteiger partial charge in [0.05, 0.1) is 6.10 Å². The molecule has 3 nitrogen and oxygen atoms in total. The molecule has 1 rings (SSSR count). The molecule has 0 saturated heterocycles. The van der Waals surface area contributed by atoms with Crippen molar-refractivity contribution >= 4 is 5.97 Å². The molecular formula is C12H18O3. The maximum absolute atomic E-state index is 10.9. The van der Waals surface area contributed by atoms with Gasteiger partial charge in [0.15, 0.2) is 0 Å². The molecule has 1 aliphatic heterocycles. The topological polar surface area (TPSA) is 46.5 Å². The van der Waals surface area contributed by atoms with E-state index in [0.29, 0.717) is 6.42 Å². The molecule has 2 atom stereocenters. The second kappa shape index (κ2) is 6.40. The van der Waals surface area contributed by atoms with Gasteiger partial charge in [0, 0.05) is 12.5 Å². The third-order valence-corrected chi connectivity index (χ3v) is 2.29. The van der Waals surface area contributed by atoms with E-state index in [1.807, 2.05) is 0 Å². The summed E-state index contributed by atoms with van der Waals surface area (Å²) in [5, 5.41) is 9.53. The van der Waals surface area contributed by atoms with Gasteiger partial charge in [0.25, 0.3) is 0 Å². The Morgan fingerprint density at radius 3 is 3.20 bits per heavy atom. The third-order valence-electron chi connectivity index (χ3n) is 2.29. The van der Waals surface area contributed by atoms with Crippen LogP contribution in [-0.2, 0) is 9.53 Å². The zero-order valence-corrected chi connectivity index (χ0v) is 9.06. The van der Waals surface area contributed by atoms with E-state index in [9.17, 15) is 9.90 Å². The number of hydrogen-bond acceptors (Lipinski definition) is 3. The molecule has 2 unspecified atom stereocenters. The summed E-state index contributed by atoms with van der Waals surface area (Å²) in [6.07, 6.45) is 9.62. The number of unbranched alkanes of at least 4 members (excludes halogenated alkanes) is 1. The molecule has 1 aliphatic rings.